The molecule has 0 radical (unpaired) electrons. The zero-order valence-electron chi connectivity index (χ0n) is 12.1. The van der Waals surface area contributed by atoms with Crippen LogP contribution in [-0.2, 0) is 6.42 Å². The quantitative estimate of drug-likeness (QED) is 0.886. The van der Waals surface area contributed by atoms with E-state index in [1.165, 1.54) is 0 Å². The molecule has 1 aromatic carbocycles. The normalized spacial score (nSPS) is 12.2. The van der Waals surface area contributed by atoms with Crippen LogP contribution in [0.15, 0.2) is 18.2 Å². The summed E-state index contributed by atoms with van der Waals surface area (Å²) in [6.07, 6.45) is 0.744. The van der Waals surface area contributed by atoms with Crippen LogP contribution in [0.5, 0.6) is 11.5 Å². The lowest BCUT2D eigenvalue weighted by atomic mass is 10.1. The summed E-state index contributed by atoms with van der Waals surface area (Å²) >= 11 is 1.63. The summed E-state index contributed by atoms with van der Waals surface area (Å²) in [5.74, 6) is 1.47. The van der Waals surface area contributed by atoms with E-state index in [1.54, 1.807) is 25.6 Å². The fourth-order valence-electron chi connectivity index (χ4n) is 1.80. The number of aromatic nitrogens is 2. The molecule has 0 aliphatic rings. The Kier molecular flexibility index (Phi) is 4.92. The smallest absolute Gasteiger partial charge is 0.160 e. The van der Waals surface area contributed by atoms with Gasteiger partial charge < -0.3 is 14.8 Å². The maximum Gasteiger partial charge on any atom is 0.160 e. The summed E-state index contributed by atoms with van der Waals surface area (Å²) in [4.78, 5) is 0. The van der Waals surface area contributed by atoms with E-state index in [2.05, 4.69) is 22.4 Å². The Morgan fingerprint density at radius 2 is 1.95 bits per heavy atom. The van der Waals surface area contributed by atoms with Crippen molar-refractivity contribution in [3.8, 4) is 11.5 Å². The van der Waals surface area contributed by atoms with Gasteiger partial charge in [0.2, 0.25) is 0 Å². The first kappa shape index (κ1) is 14.7. The van der Waals surface area contributed by atoms with Crippen LogP contribution in [0, 0.1) is 0 Å². The number of methoxy groups -OCH3 is 2. The SMILES string of the molecule is CNC(C)c1nnc(Cc2ccc(OC)c(OC)c2)s1. The van der Waals surface area contributed by atoms with E-state index in [4.69, 9.17) is 9.47 Å². The number of nitrogens with one attached hydrogen (secondary N) is 1. The van der Waals surface area contributed by atoms with Crippen LogP contribution in [0.25, 0.3) is 0 Å². The number of nitrogens with zero attached hydrogens (tertiary/aromatic N) is 2. The van der Waals surface area contributed by atoms with Crippen molar-refractivity contribution in [2.45, 2.75) is 19.4 Å². The van der Waals surface area contributed by atoms with Crippen molar-refractivity contribution >= 4 is 11.3 Å². The number of rotatable bonds is 6. The van der Waals surface area contributed by atoms with Crippen LogP contribution in [0.3, 0.4) is 0 Å². The van der Waals surface area contributed by atoms with Gasteiger partial charge in [0, 0.05) is 6.42 Å². The fourth-order valence-corrected chi connectivity index (χ4v) is 2.74. The molecule has 1 heterocycles. The minimum atomic E-state index is 0.228. The first-order chi connectivity index (χ1) is 9.67. The molecule has 0 saturated carbocycles. The highest BCUT2D eigenvalue weighted by Gasteiger charge is 2.11. The summed E-state index contributed by atoms with van der Waals surface area (Å²) in [6, 6.07) is 6.13. The van der Waals surface area contributed by atoms with Crippen molar-refractivity contribution in [3.05, 3.63) is 33.8 Å². The molecular weight excluding hydrogens is 274 g/mol. The third-order valence-electron chi connectivity index (χ3n) is 3.09. The molecule has 0 aliphatic carbocycles. The highest BCUT2D eigenvalue weighted by Crippen LogP contribution is 2.29. The lowest BCUT2D eigenvalue weighted by Gasteiger charge is -2.08. The van der Waals surface area contributed by atoms with Crippen LogP contribution in [0.1, 0.15) is 28.5 Å². The van der Waals surface area contributed by atoms with Crippen molar-refractivity contribution in [2.75, 3.05) is 21.3 Å². The van der Waals surface area contributed by atoms with Gasteiger partial charge in [-0.15, -0.1) is 10.2 Å². The van der Waals surface area contributed by atoms with E-state index < -0.39 is 0 Å². The number of hydrogen-bond acceptors (Lipinski definition) is 6. The van der Waals surface area contributed by atoms with Gasteiger partial charge in [-0.1, -0.05) is 17.4 Å². The molecule has 6 heteroatoms. The third kappa shape index (κ3) is 3.26. The average Bonchev–Trinajstić information content (AvgIpc) is 2.94. The molecule has 5 nitrogen and oxygen atoms in total. The van der Waals surface area contributed by atoms with E-state index >= 15 is 0 Å². The van der Waals surface area contributed by atoms with Crippen molar-refractivity contribution in [1.29, 1.82) is 0 Å². The summed E-state index contributed by atoms with van der Waals surface area (Å²) in [5, 5.41) is 13.6. The summed E-state index contributed by atoms with van der Waals surface area (Å²) in [5.41, 5.74) is 1.13. The highest BCUT2D eigenvalue weighted by molar-refractivity contribution is 7.11. The molecule has 0 bridgehead atoms. The van der Waals surface area contributed by atoms with Crippen LogP contribution in [0.4, 0.5) is 0 Å². The van der Waals surface area contributed by atoms with Gasteiger partial charge in [0.1, 0.15) is 10.0 Å². The molecule has 1 atom stereocenters. The van der Waals surface area contributed by atoms with Crippen molar-refractivity contribution < 1.29 is 9.47 Å². The van der Waals surface area contributed by atoms with Crippen LogP contribution >= 0.6 is 11.3 Å². The number of benzene rings is 1. The summed E-state index contributed by atoms with van der Waals surface area (Å²) in [6.45, 7) is 2.07. The molecule has 0 fully saturated rings. The predicted molar refractivity (Wildman–Crippen MR) is 79.7 cm³/mol. The maximum atomic E-state index is 5.31. The zero-order chi connectivity index (χ0) is 14.5. The van der Waals surface area contributed by atoms with Crippen LogP contribution in [0.2, 0.25) is 0 Å². The molecule has 20 heavy (non-hydrogen) atoms. The molecule has 1 aromatic heterocycles. The fraction of sp³-hybridized carbons (Fsp3) is 0.429. The molecular formula is C14H19N3O2S. The second-order valence-corrected chi connectivity index (χ2v) is 5.50. The van der Waals surface area contributed by atoms with Crippen molar-refractivity contribution in [3.63, 3.8) is 0 Å². The lowest BCUT2D eigenvalue weighted by Crippen LogP contribution is -2.11. The Morgan fingerprint density at radius 1 is 1.20 bits per heavy atom. The number of ether oxygens (including phenoxy) is 2. The van der Waals surface area contributed by atoms with E-state index in [-0.39, 0.29) is 6.04 Å². The molecule has 108 valence electrons. The van der Waals surface area contributed by atoms with Gasteiger partial charge >= 0.3 is 0 Å². The van der Waals surface area contributed by atoms with E-state index in [0.29, 0.717) is 0 Å². The minimum absolute atomic E-state index is 0.228. The summed E-state index contributed by atoms with van der Waals surface area (Å²) < 4.78 is 10.5. The van der Waals surface area contributed by atoms with Gasteiger partial charge in [-0.25, -0.2) is 0 Å². The Morgan fingerprint density at radius 3 is 2.60 bits per heavy atom. The first-order valence-electron chi connectivity index (χ1n) is 6.38. The van der Waals surface area contributed by atoms with Gasteiger partial charge in [0.05, 0.1) is 20.3 Å². The molecule has 0 saturated heterocycles. The number of hydrogen-bond donors (Lipinski definition) is 1. The second-order valence-electron chi connectivity index (χ2n) is 4.41. The molecule has 0 spiro atoms. The van der Waals surface area contributed by atoms with Crippen molar-refractivity contribution in [1.82, 2.24) is 15.5 Å². The molecule has 1 N–H and O–H groups in total. The van der Waals surface area contributed by atoms with E-state index in [1.807, 2.05) is 25.2 Å². The van der Waals surface area contributed by atoms with E-state index in [9.17, 15) is 0 Å². The van der Waals surface area contributed by atoms with Gasteiger partial charge in [-0.2, -0.15) is 0 Å². The lowest BCUT2D eigenvalue weighted by molar-refractivity contribution is 0.354. The average molecular weight is 293 g/mol. The largest absolute Gasteiger partial charge is 0.493 e. The predicted octanol–water partition coefficient (Wildman–Crippen LogP) is 2.43. The van der Waals surface area contributed by atoms with Crippen LogP contribution < -0.4 is 14.8 Å². The minimum Gasteiger partial charge on any atom is -0.493 e. The Bertz CT molecular complexity index is 571. The summed E-state index contributed by atoms with van der Waals surface area (Å²) in [7, 11) is 5.19. The Labute approximate surface area is 123 Å². The highest BCUT2D eigenvalue weighted by atomic mass is 32.1. The van der Waals surface area contributed by atoms with Gasteiger partial charge in [-0.3, -0.25) is 0 Å². The van der Waals surface area contributed by atoms with Gasteiger partial charge in [0.25, 0.3) is 0 Å². The Balaban J connectivity index is 2.15. The monoisotopic (exact) mass is 293 g/mol. The standard InChI is InChI=1S/C14H19N3O2S/c1-9(15-2)14-17-16-13(20-14)8-10-5-6-11(18-3)12(7-10)19-4/h5-7,9,15H,8H2,1-4H3. The molecule has 1 unspecified atom stereocenters. The topological polar surface area (TPSA) is 56.3 Å². The molecule has 2 rings (SSSR count). The van der Waals surface area contributed by atoms with E-state index in [0.717, 1.165) is 33.5 Å². The molecule has 2 aromatic rings. The second kappa shape index (κ2) is 6.67. The van der Waals surface area contributed by atoms with Gasteiger partial charge in [-0.05, 0) is 31.7 Å². The molecule has 0 aliphatic heterocycles. The maximum absolute atomic E-state index is 5.31. The van der Waals surface area contributed by atoms with Crippen LogP contribution in [-0.4, -0.2) is 31.5 Å². The van der Waals surface area contributed by atoms with Gasteiger partial charge in [0.15, 0.2) is 11.5 Å². The zero-order valence-corrected chi connectivity index (χ0v) is 13.0. The first-order valence-corrected chi connectivity index (χ1v) is 7.20. The third-order valence-corrected chi connectivity index (χ3v) is 4.20. The Hall–Kier alpha value is -1.66. The molecule has 0 amide bonds. The van der Waals surface area contributed by atoms with Crippen molar-refractivity contribution in [2.24, 2.45) is 0 Å².